The van der Waals surface area contributed by atoms with Crippen molar-refractivity contribution in [2.24, 2.45) is 0 Å². The average Bonchev–Trinajstić information content (AvgIpc) is 2.29. The van der Waals surface area contributed by atoms with Gasteiger partial charge in [0.25, 0.3) is 0 Å². The summed E-state index contributed by atoms with van der Waals surface area (Å²) >= 11 is 10.3. The van der Waals surface area contributed by atoms with Crippen molar-refractivity contribution in [2.45, 2.75) is 18.4 Å². The molecule has 1 spiro atoms. The van der Waals surface area contributed by atoms with E-state index < -0.39 is 0 Å². The summed E-state index contributed by atoms with van der Waals surface area (Å²) in [5.74, 6) is 0. The SMILES string of the molecule is S=C1NC(=S)C2(CCNCC2)N1. The van der Waals surface area contributed by atoms with Gasteiger partial charge in [-0.15, -0.1) is 0 Å². The third kappa shape index (κ3) is 1.22. The molecule has 0 aromatic rings. The maximum Gasteiger partial charge on any atom is 0.172 e. The third-order valence-electron chi connectivity index (χ3n) is 2.47. The van der Waals surface area contributed by atoms with Gasteiger partial charge in [-0.05, 0) is 38.1 Å². The predicted octanol–water partition coefficient (Wildman–Crippen LogP) is -0.0863. The molecule has 0 saturated carbocycles. The van der Waals surface area contributed by atoms with Crippen LogP contribution >= 0.6 is 24.4 Å². The average molecular weight is 201 g/mol. The highest BCUT2D eigenvalue weighted by atomic mass is 32.1. The lowest BCUT2D eigenvalue weighted by Crippen LogP contribution is -2.53. The van der Waals surface area contributed by atoms with Gasteiger partial charge in [0, 0.05) is 0 Å². The van der Waals surface area contributed by atoms with Crippen molar-refractivity contribution in [1.29, 1.82) is 0 Å². The van der Waals surface area contributed by atoms with Gasteiger partial charge in [0.2, 0.25) is 0 Å². The molecule has 3 nitrogen and oxygen atoms in total. The molecule has 0 atom stereocenters. The summed E-state index contributed by atoms with van der Waals surface area (Å²) in [5.41, 5.74) is -0.0301. The van der Waals surface area contributed by atoms with Crippen molar-refractivity contribution in [3.05, 3.63) is 0 Å². The topological polar surface area (TPSA) is 36.1 Å². The molecule has 0 bridgehead atoms. The number of hydrogen-bond acceptors (Lipinski definition) is 3. The molecular weight excluding hydrogens is 190 g/mol. The molecule has 0 aromatic heterocycles. The second-order valence-corrected chi connectivity index (χ2v) is 4.06. The summed E-state index contributed by atoms with van der Waals surface area (Å²) < 4.78 is 0. The molecule has 0 radical (unpaired) electrons. The lowest BCUT2D eigenvalue weighted by Gasteiger charge is -2.32. The van der Waals surface area contributed by atoms with E-state index in [-0.39, 0.29) is 5.54 Å². The number of piperidine rings is 1. The number of nitrogens with one attached hydrogen (secondary N) is 3. The van der Waals surface area contributed by atoms with Crippen LogP contribution in [0.25, 0.3) is 0 Å². The fraction of sp³-hybridized carbons (Fsp3) is 0.714. The minimum absolute atomic E-state index is 0.0301. The van der Waals surface area contributed by atoms with Crippen LogP contribution in [0.2, 0.25) is 0 Å². The Balaban J connectivity index is 2.18. The van der Waals surface area contributed by atoms with Crippen molar-refractivity contribution in [2.75, 3.05) is 13.1 Å². The van der Waals surface area contributed by atoms with E-state index >= 15 is 0 Å². The minimum atomic E-state index is -0.0301. The van der Waals surface area contributed by atoms with Gasteiger partial charge in [0.15, 0.2) is 5.11 Å². The Morgan fingerprint density at radius 2 is 1.83 bits per heavy atom. The Kier molecular flexibility index (Phi) is 2.02. The van der Waals surface area contributed by atoms with Crippen LogP contribution in [0.1, 0.15) is 12.8 Å². The molecule has 2 aliphatic rings. The number of hydrogen-bond donors (Lipinski definition) is 3. The molecule has 12 heavy (non-hydrogen) atoms. The van der Waals surface area contributed by atoms with E-state index in [0.717, 1.165) is 30.9 Å². The largest absolute Gasteiger partial charge is 0.350 e. The van der Waals surface area contributed by atoms with Crippen LogP contribution in [-0.2, 0) is 0 Å². The summed E-state index contributed by atoms with van der Waals surface area (Å²) in [6.07, 6.45) is 2.05. The third-order valence-corrected chi connectivity index (χ3v) is 3.17. The van der Waals surface area contributed by atoms with Crippen LogP contribution in [0.4, 0.5) is 0 Å². The molecule has 66 valence electrons. The van der Waals surface area contributed by atoms with E-state index in [9.17, 15) is 0 Å². The standard InChI is InChI=1S/C7H11N3S2/c11-5-7(10-6(12)9-5)1-3-8-4-2-7/h8H,1-4H2,(H2,9,10,11,12). The summed E-state index contributed by atoms with van der Waals surface area (Å²) in [5, 5.41) is 10.2. The van der Waals surface area contributed by atoms with Crippen molar-refractivity contribution in [3.8, 4) is 0 Å². The van der Waals surface area contributed by atoms with Crippen LogP contribution in [0.15, 0.2) is 0 Å². The molecule has 5 heteroatoms. The minimum Gasteiger partial charge on any atom is -0.350 e. The van der Waals surface area contributed by atoms with Crippen LogP contribution in [-0.4, -0.2) is 28.7 Å². The second kappa shape index (κ2) is 2.90. The van der Waals surface area contributed by atoms with Crippen LogP contribution in [0.3, 0.4) is 0 Å². The summed E-state index contributed by atoms with van der Waals surface area (Å²) in [6, 6.07) is 0. The summed E-state index contributed by atoms with van der Waals surface area (Å²) in [4.78, 5) is 0.869. The first-order chi connectivity index (χ1) is 5.73. The molecule has 0 aromatic carbocycles. The van der Waals surface area contributed by atoms with E-state index in [0.29, 0.717) is 5.11 Å². The zero-order valence-electron chi connectivity index (χ0n) is 6.64. The second-order valence-electron chi connectivity index (χ2n) is 3.24. The normalized spacial score (nSPS) is 27.0. The lowest BCUT2D eigenvalue weighted by molar-refractivity contribution is 0.377. The van der Waals surface area contributed by atoms with Gasteiger partial charge in [-0.2, -0.15) is 0 Å². The molecule has 2 saturated heterocycles. The van der Waals surface area contributed by atoms with Gasteiger partial charge in [-0.1, -0.05) is 12.2 Å². The van der Waals surface area contributed by atoms with Gasteiger partial charge in [-0.25, -0.2) is 0 Å². The highest BCUT2D eigenvalue weighted by Gasteiger charge is 2.41. The Labute approximate surface area is 82.3 Å². The maximum atomic E-state index is 5.24. The zero-order chi connectivity index (χ0) is 8.60. The highest BCUT2D eigenvalue weighted by Crippen LogP contribution is 2.22. The van der Waals surface area contributed by atoms with E-state index in [1.807, 2.05) is 0 Å². The molecule has 2 heterocycles. The molecule has 0 aliphatic carbocycles. The van der Waals surface area contributed by atoms with Crippen molar-refractivity contribution < 1.29 is 0 Å². The van der Waals surface area contributed by atoms with Gasteiger partial charge in [-0.3, -0.25) is 0 Å². The molecule has 2 rings (SSSR count). The van der Waals surface area contributed by atoms with Crippen molar-refractivity contribution >= 4 is 34.5 Å². The first-order valence-corrected chi connectivity index (χ1v) is 4.89. The smallest absolute Gasteiger partial charge is 0.172 e. The quantitative estimate of drug-likeness (QED) is 0.478. The lowest BCUT2D eigenvalue weighted by atomic mass is 9.89. The number of thiocarbonyl (C=S) groups is 2. The Morgan fingerprint density at radius 1 is 1.17 bits per heavy atom. The van der Waals surface area contributed by atoms with Gasteiger partial charge >= 0.3 is 0 Å². The highest BCUT2D eigenvalue weighted by molar-refractivity contribution is 7.82. The van der Waals surface area contributed by atoms with E-state index in [1.54, 1.807) is 0 Å². The first-order valence-electron chi connectivity index (χ1n) is 4.07. The Morgan fingerprint density at radius 3 is 2.33 bits per heavy atom. The molecular formula is C7H11N3S2. The van der Waals surface area contributed by atoms with Gasteiger partial charge in [0.1, 0.15) is 4.99 Å². The van der Waals surface area contributed by atoms with E-state index in [4.69, 9.17) is 24.4 Å². The van der Waals surface area contributed by atoms with Crippen LogP contribution < -0.4 is 16.0 Å². The Bertz CT molecular complexity index is 233. The molecule has 0 unspecified atom stereocenters. The first kappa shape index (κ1) is 8.34. The fourth-order valence-electron chi connectivity index (χ4n) is 1.73. The monoisotopic (exact) mass is 201 g/mol. The van der Waals surface area contributed by atoms with Crippen molar-refractivity contribution in [1.82, 2.24) is 16.0 Å². The zero-order valence-corrected chi connectivity index (χ0v) is 8.28. The molecule has 3 N–H and O–H groups in total. The van der Waals surface area contributed by atoms with Crippen molar-refractivity contribution in [3.63, 3.8) is 0 Å². The molecule has 2 aliphatic heterocycles. The van der Waals surface area contributed by atoms with E-state index in [2.05, 4.69) is 16.0 Å². The van der Waals surface area contributed by atoms with Gasteiger partial charge in [0.05, 0.1) is 5.54 Å². The van der Waals surface area contributed by atoms with E-state index in [1.165, 1.54) is 0 Å². The summed E-state index contributed by atoms with van der Waals surface area (Å²) in [6.45, 7) is 2.02. The maximum absolute atomic E-state index is 5.24. The molecule has 2 fully saturated rings. The predicted molar refractivity (Wildman–Crippen MR) is 56.3 cm³/mol. The fourth-order valence-corrected chi connectivity index (χ4v) is 2.45. The van der Waals surface area contributed by atoms with Crippen LogP contribution in [0, 0.1) is 0 Å². The van der Waals surface area contributed by atoms with Gasteiger partial charge < -0.3 is 16.0 Å². The molecule has 0 amide bonds. The van der Waals surface area contributed by atoms with Crippen LogP contribution in [0.5, 0.6) is 0 Å². The Hall–Kier alpha value is -0.260. The number of rotatable bonds is 0. The summed E-state index contributed by atoms with van der Waals surface area (Å²) in [7, 11) is 0.